The lowest BCUT2D eigenvalue weighted by Crippen LogP contribution is -2.21. The number of carbonyl (C=O) groups excluding carboxylic acids is 2. The number of furan rings is 1. The van der Waals surface area contributed by atoms with Gasteiger partial charge in [-0.25, -0.2) is 9.48 Å². The van der Waals surface area contributed by atoms with E-state index < -0.39 is 18.5 Å². The van der Waals surface area contributed by atoms with E-state index in [0.29, 0.717) is 17.0 Å². The second-order valence-corrected chi connectivity index (χ2v) is 7.07. The minimum Gasteiger partial charge on any atom is -0.450 e. The SMILES string of the molecule is Cc1ccc(-n2nc(C)c(NC(=O)COC(=O)c3cc4ccccc4o3)c2C)cc1. The minimum atomic E-state index is -0.690. The fraction of sp³-hybridized carbons (Fsp3) is 0.174. The Kier molecular flexibility index (Phi) is 5.10. The topological polar surface area (TPSA) is 86.4 Å². The molecule has 152 valence electrons. The van der Waals surface area contributed by atoms with Crippen molar-refractivity contribution in [2.75, 3.05) is 11.9 Å². The Morgan fingerprint density at radius 3 is 2.53 bits per heavy atom. The van der Waals surface area contributed by atoms with Gasteiger partial charge in [-0.15, -0.1) is 0 Å². The molecule has 0 unspecified atom stereocenters. The minimum absolute atomic E-state index is 0.0588. The molecule has 4 rings (SSSR count). The number of hydrogen-bond acceptors (Lipinski definition) is 5. The molecule has 2 heterocycles. The van der Waals surface area contributed by atoms with Crippen molar-refractivity contribution in [2.24, 2.45) is 0 Å². The number of para-hydroxylation sites is 1. The van der Waals surface area contributed by atoms with Gasteiger partial charge in [-0.05, 0) is 45.0 Å². The second kappa shape index (κ2) is 7.87. The van der Waals surface area contributed by atoms with Crippen molar-refractivity contribution in [1.29, 1.82) is 0 Å². The fourth-order valence-electron chi connectivity index (χ4n) is 3.22. The van der Waals surface area contributed by atoms with Crippen molar-refractivity contribution in [3.05, 3.63) is 77.3 Å². The van der Waals surface area contributed by atoms with E-state index in [1.165, 1.54) is 0 Å². The summed E-state index contributed by atoms with van der Waals surface area (Å²) in [6.45, 7) is 5.28. The highest BCUT2D eigenvalue weighted by molar-refractivity contribution is 5.97. The number of aromatic nitrogens is 2. The van der Waals surface area contributed by atoms with Crippen LogP contribution in [0.4, 0.5) is 5.69 Å². The fourth-order valence-corrected chi connectivity index (χ4v) is 3.22. The number of fused-ring (bicyclic) bond motifs is 1. The molecule has 0 fully saturated rings. The number of ether oxygens (including phenoxy) is 1. The van der Waals surface area contributed by atoms with E-state index in [1.807, 2.05) is 63.2 Å². The molecule has 0 aliphatic carbocycles. The molecule has 0 aliphatic rings. The maximum Gasteiger partial charge on any atom is 0.374 e. The first-order valence-corrected chi connectivity index (χ1v) is 9.51. The third kappa shape index (κ3) is 3.82. The lowest BCUT2D eigenvalue weighted by molar-refractivity contribution is -0.119. The van der Waals surface area contributed by atoms with E-state index in [-0.39, 0.29) is 5.76 Å². The van der Waals surface area contributed by atoms with Crippen molar-refractivity contribution < 1.29 is 18.7 Å². The summed E-state index contributed by atoms with van der Waals surface area (Å²) in [6, 6.07) is 16.8. The Labute approximate surface area is 173 Å². The number of rotatable bonds is 5. The Balaban J connectivity index is 1.42. The van der Waals surface area contributed by atoms with Crippen LogP contribution in [0.25, 0.3) is 16.7 Å². The average Bonchev–Trinajstić information content (AvgIpc) is 3.29. The molecule has 1 N–H and O–H groups in total. The first-order chi connectivity index (χ1) is 14.4. The predicted octanol–water partition coefficient (Wildman–Crippen LogP) is 4.34. The number of amides is 1. The number of esters is 1. The second-order valence-electron chi connectivity index (χ2n) is 7.07. The Bertz CT molecular complexity index is 1200. The van der Waals surface area contributed by atoms with Gasteiger partial charge in [0.1, 0.15) is 5.58 Å². The number of anilines is 1. The zero-order chi connectivity index (χ0) is 21.3. The molecule has 2 aromatic heterocycles. The van der Waals surface area contributed by atoms with Gasteiger partial charge in [-0.1, -0.05) is 35.9 Å². The molecule has 0 atom stereocenters. The number of carbonyl (C=O) groups is 2. The quantitative estimate of drug-likeness (QED) is 0.501. The van der Waals surface area contributed by atoms with Crippen LogP contribution in [0.3, 0.4) is 0 Å². The van der Waals surface area contributed by atoms with Crippen LogP contribution >= 0.6 is 0 Å². The van der Waals surface area contributed by atoms with Gasteiger partial charge in [0.15, 0.2) is 6.61 Å². The van der Waals surface area contributed by atoms with E-state index in [0.717, 1.165) is 22.3 Å². The van der Waals surface area contributed by atoms with E-state index in [1.54, 1.807) is 16.8 Å². The van der Waals surface area contributed by atoms with Crippen molar-refractivity contribution >= 4 is 28.5 Å². The highest BCUT2D eigenvalue weighted by atomic mass is 16.5. The lowest BCUT2D eigenvalue weighted by Gasteiger charge is -2.08. The van der Waals surface area contributed by atoms with Gasteiger partial charge in [0.05, 0.1) is 22.8 Å². The van der Waals surface area contributed by atoms with Gasteiger partial charge in [0.2, 0.25) is 5.76 Å². The molecular weight excluding hydrogens is 382 g/mol. The van der Waals surface area contributed by atoms with E-state index in [4.69, 9.17) is 9.15 Å². The van der Waals surface area contributed by atoms with Gasteiger partial charge in [-0.3, -0.25) is 4.79 Å². The largest absolute Gasteiger partial charge is 0.450 e. The molecule has 0 saturated carbocycles. The Morgan fingerprint density at radius 1 is 1.07 bits per heavy atom. The molecule has 30 heavy (non-hydrogen) atoms. The maximum absolute atomic E-state index is 12.4. The van der Waals surface area contributed by atoms with Gasteiger partial charge >= 0.3 is 5.97 Å². The van der Waals surface area contributed by atoms with Gasteiger partial charge in [0, 0.05) is 5.39 Å². The van der Waals surface area contributed by atoms with Crippen LogP contribution in [-0.4, -0.2) is 28.3 Å². The molecule has 0 saturated heterocycles. The van der Waals surface area contributed by atoms with Gasteiger partial charge < -0.3 is 14.5 Å². The number of benzene rings is 2. The first-order valence-electron chi connectivity index (χ1n) is 9.51. The smallest absolute Gasteiger partial charge is 0.374 e. The molecule has 0 spiro atoms. The summed E-state index contributed by atoms with van der Waals surface area (Å²) in [6.07, 6.45) is 0. The summed E-state index contributed by atoms with van der Waals surface area (Å²) in [7, 11) is 0. The van der Waals surface area contributed by atoms with E-state index >= 15 is 0 Å². The van der Waals surface area contributed by atoms with Crippen molar-refractivity contribution in [1.82, 2.24) is 9.78 Å². The summed E-state index contributed by atoms with van der Waals surface area (Å²) in [5.74, 6) is -1.08. The molecule has 0 aliphatic heterocycles. The average molecular weight is 403 g/mol. The van der Waals surface area contributed by atoms with Crippen molar-refractivity contribution in [3.63, 3.8) is 0 Å². The van der Waals surface area contributed by atoms with Crippen LogP contribution in [-0.2, 0) is 9.53 Å². The zero-order valence-electron chi connectivity index (χ0n) is 16.9. The normalized spacial score (nSPS) is 10.9. The number of nitrogens with zero attached hydrogens (tertiary/aromatic N) is 2. The molecular formula is C23H21N3O4. The third-order valence-corrected chi connectivity index (χ3v) is 4.80. The van der Waals surface area contributed by atoms with Crippen molar-refractivity contribution in [2.45, 2.75) is 20.8 Å². The molecule has 0 bridgehead atoms. The summed E-state index contributed by atoms with van der Waals surface area (Å²) >= 11 is 0. The van der Waals surface area contributed by atoms with E-state index in [2.05, 4.69) is 10.4 Å². The summed E-state index contributed by atoms with van der Waals surface area (Å²) in [5, 5.41) is 8.09. The van der Waals surface area contributed by atoms with Crippen LogP contribution in [0.2, 0.25) is 0 Å². The maximum atomic E-state index is 12.4. The standard InChI is InChI=1S/C23H21N3O4/c1-14-8-10-18(11-9-14)26-16(3)22(15(2)25-26)24-21(27)13-29-23(28)20-12-17-6-4-5-7-19(17)30-20/h4-12H,13H2,1-3H3,(H,24,27). The molecule has 7 nitrogen and oxygen atoms in total. The van der Waals surface area contributed by atoms with Crippen LogP contribution in [0, 0.1) is 20.8 Å². The predicted molar refractivity (Wildman–Crippen MR) is 113 cm³/mol. The van der Waals surface area contributed by atoms with Crippen molar-refractivity contribution in [3.8, 4) is 5.69 Å². The Morgan fingerprint density at radius 2 is 1.80 bits per heavy atom. The Hall–Kier alpha value is -3.87. The van der Waals surface area contributed by atoms with Gasteiger partial charge in [0.25, 0.3) is 5.91 Å². The highest BCUT2D eigenvalue weighted by Crippen LogP contribution is 2.23. The van der Waals surface area contributed by atoms with Gasteiger partial charge in [-0.2, -0.15) is 5.10 Å². The van der Waals surface area contributed by atoms with E-state index in [9.17, 15) is 9.59 Å². The number of aryl methyl sites for hydroxylation is 2. The first kappa shape index (κ1) is 19.4. The lowest BCUT2D eigenvalue weighted by atomic mass is 10.2. The number of hydrogen-bond donors (Lipinski definition) is 1. The van der Waals surface area contributed by atoms with Crippen LogP contribution in [0.15, 0.2) is 59.0 Å². The molecule has 0 radical (unpaired) electrons. The third-order valence-electron chi connectivity index (χ3n) is 4.80. The van der Waals surface area contributed by atoms with Crippen LogP contribution < -0.4 is 5.32 Å². The summed E-state index contributed by atoms with van der Waals surface area (Å²) in [5.41, 5.74) is 4.69. The molecule has 2 aromatic carbocycles. The summed E-state index contributed by atoms with van der Waals surface area (Å²) in [4.78, 5) is 24.6. The zero-order valence-corrected chi connectivity index (χ0v) is 16.9. The number of nitrogens with one attached hydrogen (secondary N) is 1. The summed E-state index contributed by atoms with van der Waals surface area (Å²) < 4.78 is 12.3. The molecule has 4 aromatic rings. The molecule has 1 amide bonds. The van der Waals surface area contributed by atoms with Crippen LogP contribution in [0.1, 0.15) is 27.5 Å². The highest BCUT2D eigenvalue weighted by Gasteiger charge is 2.18. The van der Waals surface area contributed by atoms with Crippen LogP contribution in [0.5, 0.6) is 0 Å². The monoisotopic (exact) mass is 403 g/mol. The molecule has 7 heteroatoms.